The maximum Gasteiger partial charge on any atom is 0.0195 e. The van der Waals surface area contributed by atoms with E-state index in [4.69, 9.17) is 0 Å². The average molecular weight is 184 g/mol. The summed E-state index contributed by atoms with van der Waals surface area (Å²) in [4.78, 5) is 2.62. The smallest absolute Gasteiger partial charge is 0.0195 e. The lowest BCUT2D eigenvalue weighted by molar-refractivity contribution is 0.202. The van der Waals surface area contributed by atoms with Crippen molar-refractivity contribution in [3.63, 3.8) is 0 Å². The second-order valence-electron chi connectivity index (χ2n) is 4.47. The molecule has 1 fully saturated rings. The first-order valence-corrected chi connectivity index (χ1v) is 5.64. The number of hydrogen-bond donors (Lipinski definition) is 1. The Bertz CT molecular complexity index is 141. The molecule has 1 saturated carbocycles. The van der Waals surface area contributed by atoms with Crippen molar-refractivity contribution in [3.05, 3.63) is 0 Å². The normalized spacial score (nSPS) is 19.8. The van der Waals surface area contributed by atoms with Crippen LogP contribution >= 0.6 is 0 Å². The van der Waals surface area contributed by atoms with Gasteiger partial charge < -0.3 is 5.32 Å². The fourth-order valence-corrected chi connectivity index (χ4v) is 1.86. The lowest BCUT2D eigenvalue weighted by Crippen LogP contribution is -2.43. The van der Waals surface area contributed by atoms with Crippen molar-refractivity contribution >= 4 is 0 Å². The maximum atomic E-state index is 3.50. The van der Waals surface area contributed by atoms with Crippen LogP contribution in [0, 0.1) is 0 Å². The van der Waals surface area contributed by atoms with Gasteiger partial charge in [-0.05, 0) is 26.3 Å². The van der Waals surface area contributed by atoms with Crippen LogP contribution in [0.2, 0.25) is 0 Å². The molecule has 0 amide bonds. The Kier molecular flexibility index (Phi) is 4.20. The van der Waals surface area contributed by atoms with Gasteiger partial charge in [0.25, 0.3) is 0 Å². The summed E-state index contributed by atoms with van der Waals surface area (Å²) >= 11 is 0. The summed E-state index contributed by atoms with van der Waals surface area (Å²) in [6, 6.07) is 2.20. The van der Waals surface area contributed by atoms with Gasteiger partial charge in [0.05, 0.1) is 0 Å². The highest BCUT2D eigenvalue weighted by Gasteiger charge is 2.30. The van der Waals surface area contributed by atoms with E-state index in [2.05, 4.69) is 37.9 Å². The standard InChI is InChI=1S/C11H24N2/c1-5-13(11-6-7-11)10(4)8-12-9(2)3/h9-12H,5-8H2,1-4H3. The number of rotatable bonds is 6. The molecule has 0 aliphatic heterocycles. The highest BCUT2D eigenvalue weighted by atomic mass is 15.2. The van der Waals surface area contributed by atoms with E-state index in [9.17, 15) is 0 Å². The molecule has 0 aromatic heterocycles. The van der Waals surface area contributed by atoms with E-state index in [0.717, 1.165) is 12.6 Å². The van der Waals surface area contributed by atoms with Gasteiger partial charge in [-0.25, -0.2) is 0 Å². The summed E-state index contributed by atoms with van der Waals surface area (Å²) in [6.07, 6.45) is 2.83. The molecule has 78 valence electrons. The molecule has 0 radical (unpaired) electrons. The van der Waals surface area contributed by atoms with Gasteiger partial charge in [-0.15, -0.1) is 0 Å². The first kappa shape index (κ1) is 11.0. The summed E-state index contributed by atoms with van der Waals surface area (Å²) in [7, 11) is 0. The Morgan fingerprint density at radius 3 is 2.31 bits per heavy atom. The Morgan fingerprint density at radius 2 is 1.92 bits per heavy atom. The molecule has 0 aromatic carbocycles. The topological polar surface area (TPSA) is 15.3 Å². The highest BCUT2D eigenvalue weighted by molar-refractivity contribution is 4.87. The number of hydrogen-bond acceptors (Lipinski definition) is 2. The van der Waals surface area contributed by atoms with Crippen molar-refractivity contribution in [3.8, 4) is 0 Å². The molecule has 1 aliphatic rings. The third-order valence-electron chi connectivity index (χ3n) is 2.77. The van der Waals surface area contributed by atoms with Crippen molar-refractivity contribution in [2.45, 2.75) is 58.7 Å². The fraction of sp³-hybridized carbons (Fsp3) is 1.00. The molecule has 1 rings (SSSR count). The van der Waals surface area contributed by atoms with Gasteiger partial charge in [-0.3, -0.25) is 4.90 Å². The first-order chi connectivity index (χ1) is 6.15. The number of nitrogens with one attached hydrogen (secondary N) is 1. The summed E-state index contributed by atoms with van der Waals surface area (Å²) in [6.45, 7) is 11.3. The molecule has 0 heterocycles. The quantitative estimate of drug-likeness (QED) is 0.678. The average Bonchev–Trinajstić information content (AvgIpc) is 2.86. The molecule has 1 unspecified atom stereocenters. The minimum Gasteiger partial charge on any atom is -0.313 e. The van der Waals surface area contributed by atoms with Crippen molar-refractivity contribution in [2.75, 3.05) is 13.1 Å². The maximum absolute atomic E-state index is 3.50. The van der Waals surface area contributed by atoms with Gasteiger partial charge in [0, 0.05) is 24.7 Å². The Balaban J connectivity index is 2.22. The van der Waals surface area contributed by atoms with E-state index >= 15 is 0 Å². The van der Waals surface area contributed by atoms with Gasteiger partial charge in [0.1, 0.15) is 0 Å². The minimum absolute atomic E-state index is 0.611. The zero-order valence-corrected chi connectivity index (χ0v) is 9.51. The molecule has 1 atom stereocenters. The molecule has 0 spiro atoms. The molecular formula is C11H24N2. The predicted molar refractivity (Wildman–Crippen MR) is 58.0 cm³/mol. The third-order valence-corrected chi connectivity index (χ3v) is 2.77. The summed E-state index contributed by atoms with van der Waals surface area (Å²) in [5.74, 6) is 0. The number of likely N-dealkylation sites (N-methyl/N-ethyl adjacent to an activating group) is 1. The Labute approximate surface area is 82.7 Å². The van der Waals surface area contributed by atoms with Crippen LogP contribution in [0.1, 0.15) is 40.5 Å². The fourth-order valence-electron chi connectivity index (χ4n) is 1.86. The van der Waals surface area contributed by atoms with Gasteiger partial charge in [-0.1, -0.05) is 20.8 Å². The van der Waals surface area contributed by atoms with Crippen molar-refractivity contribution < 1.29 is 0 Å². The molecule has 1 N–H and O–H groups in total. The van der Waals surface area contributed by atoms with Gasteiger partial charge >= 0.3 is 0 Å². The van der Waals surface area contributed by atoms with Crippen LogP contribution < -0.4 is 5.32 Å². The second-order valence-corrected chi connectivity index (χ2v) is 4.47. The molecule has 0 bridgehead atoms. The van der Waals surface area contributed by atoms with Crippen molar-refractivity contribution in [1.82, 2.24) is 10.2 Å². The predicted octanol–water partition coefficient (Wildman–Crippen LogP) is 1.86. The number of nitrogens with zero attached hydrogens (tertiary/aromatic N) is 1. The largest absolute Gasteiger partial charge is 0.313 e. The molecule has 0 aromatic rings. The molecule has 2 nitrogen and oxygen atoms in total. The van der Waals surface area contributed by atoms with Crippen LogP contribution in [-0.4, -0.2) is 36.1 Å². The second kappa shape index (κ2) is 4.97. The zero-order chi connectivity index (χ0) is 9.84. The zero-order valence-electron chi connectivity index (χ0n) is 9.51. The van der Waals surface area contributed by atoms with Crippen molar-refractivity contribution in [1.29, 1.82) is 0 Å². The van der Waals surface area contributed by atoms with Crippen LogP contribution in [0.4, 0.5) is 0 Å². The lowest BCUT2D eigenvalue weighted by atomic mass is 10.2. The SMILES string of the molecule is CCN(C(C)CNC(C)C)C1CC1. The molecule has 1 aliphatic carbocycles. The molecule has 2 heteroatoms. The van der Waals surface area contributed by atoms with Crippen LogP contribution in [0.25, 0.3) is 0 Å². The Morgan fingerprint density at radius 1 is 1.31 bits per heavy atom. The first-order valence-electron chi connectivity index (χ1n) is 5.64. The van der Waals surface area contributed by atoms with Gasteiger partial charge in [-0.2, -0.15) is 0 Å². The third kappa shape index (κ3) is 3.65. The molecule has 0 saturated heterocycles. The molecule has 13 heavy (non-hydrogen) atoms. The molecular weight excluding hydrogens is 160 g/mol. The van der Waals surface area contributed by atoms with E-state index < -0.39 is 0 Å². The lowest BCUT2D eigenvalue weighted by Gasteiger charge is -2.28. The van der Waals surface area contributed by atoms with Crippen LogP contribution in [-0.2, 0) is 0 Å². The Hall–Kier alpha value is -0.0800. The summed E-state index contributed by atoms with van der Waals surface area (Å²) in [5, 5.41) is 3.50. The van der Waals surface area contributed by atoms with Crippen LogP contribution in [0.3, 0.4) is 0 Å². The van der Waals surface area contributed by atoms with Crippen molar-refractivity contribution in [2.24, 2.45) is 0 Å². The van der Waals surface area contributed by atoms with E-state index in [0.29, 0.717) is 12.1 Å². The van der Waals surface area contributed by atoms with Gasteiger partial charge in [0.15, 0.2) is 0 Å². The summed E-state index contributed by atoms with van der Waals surface area (Å²) in [5.41, 5.74) is 0. The highest BCUT2D eigenvalue weighted by Crippen LogP contribution is 2.27. The van der Waals surface area contributed by atoms with Crippen LogP contribution in [0.15, 0.2) is 0 Å². The monoisotopic (exact) mass is 184 g/mol. The van der Waals surface area contributed by atoms with Gasteiger partial charge in [0.2, 0.25) is 0 Å². The van der Waals surface area contributed by atoms with E-state index in [-0.39, 0.29) is 0 Å². The minimum atomic E-state index is 0.611. The van der Waals surface area contributed by atoms with Crippen LogP contribution in [0.5, 0.6) is 0 Å². The van der Waals surface area contributed by atoms with E-state index in [1.807, 2.05) is 0 Å². The van der Waals surface area contributed by atoms with E-state index in [1.165, 1.54) is 19.4 Å². The summed E-state index contributed by atoms with van der Waals surface area (Å²) < 4.78 is 0. The van der Waals surface area contributed by atoms with E-state index in [1.54, 1.807) is 0 Å².